The number of rotatable bonds is 7. The maximum absolute atomic E-state index is 13.0. The van der Waals surface area contributed by atoms with Crippen LogP contribution in [0.1, 0.15) is 34.8 Å². The molecule has 5 nitrogen and oxygen atoms in total. The van der Waals surface area contributed by atoms with Crippen LogP contribution >= 0.6 is 0 Å². The molecule has 0 aliphatic carbocycles. The fraction of sp³-hybridized carbons (Fsp3) is 0.167. The molecule has 2 amide bonds. The van der Waals surface area contributed by atoms with Crippen LogP contribution < -0.4 is 15.4 Å². The zero-order chi connectivity index (χ0) is 21.5. The van der Waals surface area contributed by atoms with Gasteiger partial charge < -0.3 is 15.4 Å². The summed E-state index contributed by atoms with van der Waals surface area (Å²) in [4.78, 5) is 24.3. The van der Waals surface area contributed by atoms with Gasteiger partial charge in [0.2, 0.25) is 5.91 Å². The number of aryl methyl sites for hydroxylation is 1. The van der Waals surface area contributed by atoms with Crippen molar-refractivity contribution in [2.45, 2.75) is 26.9 Å². The van der Waals surface area contributed by atoms with E-state index in [1.165, 1.54) is 12.1 Å². The minimum Gasteiger partial charge on any atom is -0.489 e. The van der Waals surface area contributed by atoms with Crippen LogP contribution in [0.3, 0.4) is 0 Å². The van der Waals surface area contributed by atoms with E-state index in [0.29, 0.717) is 29.1 Å². The summed E-state index contributed by atoms with van der Waals surface area (Å²) in [6, 6.07) is 18.3. The lowest BCUT2D eigenvalue weighted by Gasteiger charge is -2.12. The number of carbonyl (C=O) groups excluding carboxylic acids is 2. The normalized spacial score (nSPS) is 10.4. The third-order valence-electron chi connectivity index (χ3n) is 4.51. The molecule has 154 valence electrons. The Labute approximate surface area is 174 Å². The second-order valence-corrected chi connectivity index (χ2v) is 6.83. The average Bonchev–Trinajstić information content (AvgIpc) is 2.75. The summed E-state index contributed by atoms with van der Waals surface area (Å²) in [6.45, 7) is 3.92. The number of hydrogen-bond acceptors (Lipinski definition) is 3. The van der Waals surface area contributed by atoms with Crippen LogP contribution in [0.25, 0.3) is 0 Å². The van der Waals surface area contributed by atoms with E-state index >= 15 is 0 Å². The van der Waals surface area contributed by atoms with E-state index in [1.807, 2.05) is 13.0 Å². The number of anilines is 2. The first-order chi connectivity index (χ1) is 14.4. The molecular formula is C24H23FN2O3. The maximum Gasteiger partial charge on any atom is 0.255 e. The van der Waals surface area contributed by atoms with Crippen LogP contribution in [-0.4, -0.2) is 11.8 Å². The summed E-state index contributed by atoms with van der Waals surface area (Å²) < 4.78 is 18.7. The van der Waals surface area contributed by atoms with Crippen molar-refractivity contribution in [3.63, 3.8) is 0 Å². The molecule has 0 radical (unpaired) electrons. The van der Waals surface area contributed by atoms with E-state index in [-0.39, 0.29) is 24.2 Å². The highest BCUT2D eigenvalue weighted by molar-refractivity contribution is 6.05. The predicted molar refractivity (Wildman–Crippen MR) is 115 cm³/mol. The second-order valence-electron chi connectivity index (χ2n) is 6.83. The van der Waals surface area contributed by atoms with E-state index < -0.39 is 0 Å². The van der Waals surface area contributed by atoms with Gasteiger partial charge in [-0.3, -0.25) is 9.59 Å². The molecule has 6 heteroatoms. The third-order valence-corrected chi connectivity index (χ3v) is 4.51. The largest absolute Gasteiger partial charge is 0.489 e. The van der Waals surface area contributed by atoms with Crippen LogP contribution in [0.15, 0.2) is 66.7 Å². The number of carbonyl (C=O) groups is 2. The van der Waals surface area contributed by atoms with E-state index in [1.54, 1.807) is 55.5 Å². The highest BCUT2D eigenvalue weighted by Gasteiger charge is 2.10. The van der Waals surface area contributed by atoms with Crippen molar-refractivity contribution in [1.82, 2.24) is 0 Å². The molecule has 3 aromatic carbocycles. The molecule has 3 rings (SSSR count). The van der Waals surface area contributed by atoms with E-state index in [9.17, 15) is 14.0 Å². The van der Waals surface area contributed by atoms with Gasteiger partial charge >= 0.3 is 0 Å². The molecule has 0 heterocycles. The van der Waals surface area contributed by atoms with E-state index in [0.717, 1.165) is 11.1 Å². The van der Waals surface area contributed by atoms with E-state index in [4.69, 9.17) is 4.74 Å². The first-order valence-electron chi connectivity index (χ1n) is 9.64. The standard InChI is InChI=1S/C24H23FN2O3/c1-3-23(28)26-20-12-7-16(2)22(14-20)27-24(29)18-5-4-6-21(13-18)30-15-17-8-10-19(25)11-9-17/h4-14H,3,15H2,1-2H3,(H,26,28)(H,27,29). The van der Waals surface area contributed by atoms with Gasteiger partial charge in [-0.15, -0.1) is 0 Å². The SMILES string of the molecule is CCC(=O)Nc1ccc(C)c(NC(=O)c2cccc(OCc3ccc(F)cc3)c2)c1. The van der Waals surface area contributed by atoms with E-state index in [2.05, 4.69) is 10.6 Å². The van der Waals surface area contributed by atoms with Gasteiger partial charge in [0.05, 0.1) is 0 Å². The quantitative estimate of drug-likeness (QED) is 0.558. The van der Waals surface area contributed by atoms with Crippen LogP contribution in [0.4, 0.5) is 15.8 Å². The third kappa shape index (κ3) is 5.67. The summed E-state index contributed by atoms with van der Waals surface area (Å²) in [5, 5.41) is 5.66. The summed E-state index contributed by atoms with van der Waals surface area (Å²) in [6.07, 6.45) is 0.375. The summed E-state index contributed by atoms with van der Waals surface area (Å²) in [5.74, 6) is -0.148. The summed E-state index contributed by atoms with van der Waals surface area (Å²) in [7, 11) is 0. The van der Waals surface area contributed by atoms with Crippen molar-refractivity contribution < 1.29 is 18.7 Å². The number of benzene rings is 3. The lowest BCUT2D eigenvalue weighted by Crippen LogP contribution is -2.14. The molecule has 0 bridgehead atoms. The van der Waals surface area contributed by atoms with Crippen molar-refractivity contribution in [3.8, 4) is 5.75 Å². The number of hydrogen-bond donors (Lipinski definition) is 2. The minimum absolute atomic E-state index is 0.0952. The van der Waals surface area contributed by atoms with Gasteiger partial charge in [0.25, 0.3) is 5.91 Å². The van der Waals surface area contributed by atoms with Crippen LogP contribution in [0, 0.1) is 12.7 Å². The van der Waals surface area contributed by atoms with Gasteiger partial charge in [-0.25, -0.2) is 4.39 Å². The molecule has 0 aliphatic rings. The summed E-state index contributed by atoms with van der Waals surface area (Å²) in [5.41, 5.74) is 3.38. The van der Waals surface area contributed by atoms with Crippen molar-refractivity contribution in [2.75, 3.05) is 10.6 Å². The van der Waals surface area contributed by atoms with Gasteiger partial charge in [0, 0.05) is 23.4 Å². The van der Waals surface area contributed by atoms with Gasteiger partial charge in [-0.1, -0.05) is 31.2 Å². The van der Waals surface area contributed by atoms with Gasteiger partial charge in [-0.2, -0.15) is 0 Å². The zero-order valence-corrected chi connectivity index (χ0v) is 16.9. The molecule has 0 unspecified atom stereocenters. The van der Waals surface area contributed by atoms with Crippen LogP contribution in [0.5, 0.6) is 5.75 Å². The van der Waals surface area contributed by atoms with Crippen LogP contribution in [-0.2, 0) is 11.4 Å². The molecule has 0 atom stereocenters. The Hall–Kier alpha value is -3.67. The van der Waals surface area contributed by atoms with Crippen molar-refractivity contribution in [2.24, 2.45) is 0 Å². The number of nitrogens with one attached hydrogen (secondary N) is 2. The molecule has 0 fully saturated rings. The second kappa shape index (κ2) is 9.69. The zero-order valence-electron chi connectivity index (χ0n) is 16.9. The first kappa shape index (κ1) is 21.0. The van der Waals surface area contributed by atoms with Gasteiger partial charge in [0.1, 0.15) is 18.2 Å². The molecule has 0 aliphatic heterocycles. The Kier molecular flexibility index (Phi) is 6.80. The van der Waals surface area contributed by atoms with Gasteiger partial charge in [-0.05, 0) is 60.5 Å². The molecule has 2 N–H and O–H groups in total. The highest BCUT2D eigenvalue weighted by atomic mass is 19.1. The molecule has 0 aromatic heterocycles. The topological polar surface area (TPSA) is 67.4 Å². The van der Waals surface area contributed by atoms with Crippen molar-refractivity contribution in [1.29, 1.82) is 0 Å². The smallest absolute Gasteiger partial charge is 0.255 e. The number of halogens is 1. The monoisotopic (exact) mass is 406 g/mol. The molecule has 30 heavy (non-hydrogen) atoms. The molecule has 0 saturated carbocycles. The summed E-state index contributed by atoms with van der Waals surface area (Å²) >= 11 is 0. The molecule has 0 saturated heterocycles. The number of ether oxygens (including phenoxy) is 1. The minimum atomic E-state index is -0.300. The molecule has 0 spiro atoms. The fourth-order valence-electron chi connectivity index (χ4n) is 2.75. The Bertz CT molecular complexity index is 1050. The van der Waals surface area contributed by atoms with Crippen molar-refractivity contribution in [3.05, 3.63) is 89.2 Å². The highest BCUT2D eigenvalue weighted by Crippen LogP contribution is 2.22. The lowest BCUT2D eigenvalue weighted by molar-refractivity contribution is -0.115. The number of amides is 2. The Morgan fingerprint density at radius 2 is 1.73 bits per heavy atom. The Morgan fingerprint density at radius 3 is 2.47 bits per heavy atom. The fourth-order valence-corrected chi connectivity index (χ4v) is 2.75. The van der Waals surface area contributed by atoms with Gasteiger partial charge in [0.15, 0.2) is 0 Å². The maximum atomic E-state index is 13.0. The Morgan fingerprint density at radius 1 is 0.967 bits per heavy atom. The average molecular weight is 406 g/mol. The van der Waals surface area contributed by atoms with Crippen molar-refractivity contribution >= 4 is 23.2 Å². The molecular weight excluding hydrogens is 383 g/mol. The lowest BCUT2D eigenvalue weighted by atomic mass is 10.1. The van der Waals surface area contributed by atoms with Crippen LogP contribution in [0.2, 0.25) is 0 Å². The molecule has 3 aromatic rings. The Balaban J connectivity index is 1.68. The predicted octanol–water partition coefficient (Wildman–Crippen LogP) is 5.31. The first-order valence-corrected chi connectivity index (χ1v) is 9.64.